The van der Waals surface area contributed by atoms with Gasteiger partial charge in [-0.1, -0.05) is 6.92 Å². The van der Waals surface area contributed by atoms with E-state index in [0.29, 0.717) is 6.42 Å². The molecule has 0 atom stereocenters. The lowest BCUT2D eigenvalue weighted by atomic mass is 10.1. The van der Waals surface area contributed by atoms with Crippen LogP contribution < -0.4 is 5.32 Å². The summed E-state index contributed by atoms with van der Waals surface area (Å²) in [7, 11) is 0. The summed E-state index contributed by atoms with van der Waals surface area (Å²) in [6.45, 7) is 2.89. The first-order chi connectivity index (χ1) is 8.27. The van der Waals surface area contributed by atoms with Crippen molar-refractivity contribution in [3.63, 3.8) is 0 Å². The van der Waals surface area contributed by atoms with E-state index in [-0.39, 0.29) is 5.78 Å². The van der Waals surface area contributed by atoms with E-state index in [4.69, 9.17) is 0 Å². The Balaban J connectivity index is 2.33. The van der Waals surface area contributed by atoms with Gasteiger partial charge in [0.1, 0.15) is 0 Å². The molecule has 2 nitrogen and oxygen atoms in total. The van der Waals surface area contributed by atoms with E-state index < -0.39 is 0 Å². The molecule has 1 rings (SSSR count). The lowest BCUT2D eigenvalue weighted by Gasteiger charge is -2.06. The van der Waals surface area contributed by atoms with Gasteiger partial charge >= 0.3 is 0 Å². The van der Waals surface area contributed by atoms with Crippen molar-refractivity contribution in [3.8, 4) is 0 Å². The summed E-state index contributed by atoms with van der Waals surface area (Å²) < 4.78 is 0. The standard InChI is InChI=1S/C14H21NOS/c1-3-14(16)12-6-8-13(9-7-12)15-10-4-5-11-17-2/h6-9,15H,3-5,10-11H2,1-2H3. The zero-order valence-corrected chi connectivity index (χ0v) is 11.5. The van der Waals surface area contributed by atoms with E-state index in [9.17, 15) is 4.79 Å². The third kappa shape index (κ3) is 5.26. The topological polar surface area (TPSA) is 29.1 Å². The van der Waals surface area contributed by atoms with Crippen LogP contribution in [0, 0.1) is 0 Å². The summed E-state index contributed by atoms with van der Waals surface area (Å²) in [6.07, 6.45) is 5.15. The van der Waals surface area contributed by atoms with Gasteiger partial charge in [0.2, 0.25) is 0 Å². The Bertz CT molecular complexity index is 335. The fourth-order valence-electron chi connectivity index (χ4n) is 1.58. The molecule has 0 bridgehead atoms. The molecular weight excluding hydrogens is 230 g/mol. The number of rotatable bonds is 8. The highest BCUT2D eigenvalue weighted by Crippen LogP contribution is 2.11. The third-order valence-corrected chi connectivity index (χ3v) is 3.33. The van der Waals surface area contributed by atoms with E-state index in [2.05, 4.69) is 11.6 Å². The van der Waals surface area contributed by atoms with Crippen LogP contribution >= 0.6 is 11.8 Å². The molecule has 0 heterocycles. The third-order valence-electron chi connectivity index (χ3n) is 2.63. The molecule has 0 aliphatic rings. The van der Waals surface area contributed by atoms with Crippen LogP contribution in [0.2, 0.25) is 0 Å². The number of carbonyl (C=O) groups excluding carboxylic acids is 1. The fraction of sp³-hybridized carbons (Fsp3) is 0.500. The van der Waals surface area contributed by atoms with Gasteiger partial charge in [0.15, 0.2) is 5.78 Å². The number of hydrogen-bond donors (Lipinski definition) is 1. The summed E-state index contributed by atoms with van der Waals surface area (Å²) in [6, 6.07) is 7.76. The van der Waals surface area contributed by atoms with Crippen molar-refractivity contribution in [2.75, 3.05) is 23.9 Å². The molecule has 17 heavy (non-hydrogen) atoms. The second kappa shape index (κ2) is 8.18. The number of nitrogens with one attached hydrogen (secondary N) is 1. The van der Waals surface area contributed by atoms with Crippen LogP contribution in [0.3, 0.4) is 0 Å². The van der Waals surface area contributed by atoms with Gasteiger partial charge in [-0.05, 0) is 49.1 Å². The normalized spacial score (nSPS) is 10.2. The minimum atomic E-state index is 0.205. The Morgan fingerprint density at radius 3 is 2.53 bits per heavy atom. The van der Waals surface area contributed by atoms with Gasteiger partial charge in [0.05, 0.1) is 0 Å². The maximum absolute atomic E-state index is 11.4. The lowest BCUT2D eigenvalue weighted by molar-refractivity contribution is 0.0988. The van der Waals surface area contributed by atoms with Crippen molar-refractivity contribution >= 4 is 23.2 Å². The first kappa shape index (κ1) is 14.1. The van der Waals surface area contributed by atoms with E-state index in [1.54, 1.807) is 0 Å². The van der Waals surface area contributed by atoms with Crippen molar-refractivity contribution in [1.82, 2.24) is 0 Å². The number of ketones is 1. The summed E-state index contributed by atoms with van der Waals surface area (Å²) in [5, 5.41) is 3.37. The Labute approximate surface area is 108 Å². The summed E-state index contributed by atoms with van der Waals surface area (Å²) in [5.74, 6) is 1.43. The van der Waals surface area contributed by atoms with Gasteiger partial charge in [0, 0.05) is 24.2 Å². The lowest BCUT2D eigenvalue weighted by Crippen LogP contribution is -2.02. The van der Waals surface area contributed by atoms with Crippen molar-refractivity contribution in [1.29, 1.82) is 0 Å². The van der Waals surface area contributed by atoms with Crippen LogP contribution in [0.15, 0.2) is 24.3 Å². The number of thioether (sulfide) groups is 1. The van der Waals surface area contributed by atoms with E-state index >= 15 is 0 Å². The Morgan fingerprint density at radius 2 is 1.94 bits per heavy atom. The highest BCUT2D eigenvalue weighted by molar-refractivity contribution is 7.98. The maximum Gasteiger partial charge on any atom is 0.162 e. The first-order valence-electron chi connectivity index (χ1n) is 6.14. The van der Waals surface area contributed by atoms with Gasteiger partial charge in [-0.2, -0.15) is 11.8 Å². The second-order valence-electron chi connectivity index (χ2n) is 3.98. The minimum absolute atomic E-state index is 0.205. The first-order valence-corrected chi connectivity index (χ1v) is 7.53. The molecule has 0 saturated heterocycles. The SMILES string of the molecule is CCC(=O)c1ccc(NCCCCSC)cc1. The molecule has 94 valence electrons. The van der Waals surface area contributed by atoms with Crippen molar-refractivity contribution in [2.24, 2.45) is 0 Å². The molecule has 0 aromatic heterocycles. The van der Waals surface area contributed by atoms with Crippen molar-refractivity contribution < 1.29 is 4.79 Å². The predicted molar refractivity (Wildman–Crippen MR) is 77.2 cm³/mol. The molecule has 1 aromatic rings. The van der Waals surface area contributed by atoms with Gasteiger partial charge < -0.3 is 5.32 Å². The number of benzene rings is 1. The van der Waals surface area contributed by atoms with E-state index in [1.165, 1.54) is 18.6 Å². The highest BCUT2D eigenvalue weighted by Gasteiger charge is 2.01. The Kier molecular flexibility index (Phi) is 6.78. The van der Waals surface area contributed by atoms with Crippen LogP contribution in [0.1, 0.15) is 36.5 Å². The molecule has 0 fully saturated rings. The molecule has 0 aliphatic heterocycles. The maximum atomic E-state index is 11.4. The minimum Gasteiger partial charge on any atom is -0.385 e. The zero-order valence-electron chi connectivity index (χ0n) is 10.7. The molecule has 0 radical (unpaired) electrons. The molecule has 1 aromatic carbocycles. The molecule has 0 spiro atoms. The number of hydrogen-bond acceptors (Lipinski definition) is 3. The van der Waals surface area contributed by atoms with Crippen LogP contribution in [-0.2, 0) is 0 Å². The number of carbonyl (C=O) groups is 1. The summed E-state index contributed by atoms with van der Waals surface area (Å²) in [5.41, 5.74) is 1.90. The summed E-state index contributed by atoms with van der Waals surface area (Å²) >= 11 is 1.89. The second-order valence-corrected chi connectivity index (χ2v) is 4.97. The number of Topliss-reactive ketones (excluding diaryl/α,β-unsaturated/α-hetero) is 1. The molecule has 0 aliphatic carbocycles. The van der Waals surface area contributed by atoms with Crippen molar-refractivity contribution in [3.05, 3.63) is 29.8 Å². The Hall–Kier alpha value is -0.960. The van der Waals surface area contributed by atoms with Gasteiger partial charge in [-0.25, -0.2) is 0 Å². The van der Waals surface area contributed by atoms with E-state index in [0.717, 1.165) is 17.8 Å². The predicted octanol–water partition coefficient (Wildman–Crippen LogP) is 3.83. The molecule has 0 saturated carbocycles. The Morgan fingerprint density at radius 1 is 1.24 bits per heavy atom. The quantitative estimate of drug-likeness (QED) is 0.562. The summed E-state index contributed by atoms with van der Waals surface area (Å²) in [4.78, 5) is 11.4. The van der Waals surface area contributed by atoms with Gasteiger partial charge in [0.25, 0.3) is 0 Å². The van der Waals surface area contributed by atoms with Crippen molar-refractivity contribution in [2.45, 2.75) is 26.2 Å². The van der Waals surface area contributed by atoms with Crippen LogP contribution in [0.4, 0.5) is 5.69 Å². The molecule has 0 amide bonds. The number of anilines is 1. The van der Waals surface area contributed by atoms with Crippen LogP contribution in [0.5, 0.6) is 0 Å². The van der Waals surface area contributed by atoms with Crippen LogP contribution in [-0.4, -0.2) is 24.3 Å². The zero-order chi connectivity index (χ0) is 12.5. The van der Waals surface area contributed by atoms with Crippen LogP contribution in [0.25, 0.3) is 0 Å². The average Bonchev–Trinajstić information content (AvgIpc) is 2.38. The highest BCUT2D eigenvalue weighted by atomic mass is 32.2. The number of unbranched alkanes of at least 4 members (excludes halogenated alkanes) is 1. The average molecular weight is 251 g/mol. The fourth-order valence-corrected chi connectivity index (χ4v) is 2.08. The molecule has 3 heteroatoms. The van der Waals surface area contributed by atoms with Gasteiger partial charge in [-0.15, -0.1) is 0 Å². The van der Waals surface area contributed by atoms with E-state index in [1.807, 2.05) is 43.0 Å². The molecule has 1 N–H and O–H groups in total. The monoisotopic (exact) mass is 251 g/mol. The molecular formula is C14H21NOS. The smallest absolute Gasteiger partial charge is 0.162 e. The van der Waals surface area contributed by atoms with Gasteiger partial charge in [-0.3, -0.25) is 4.79 Å². The molecule has 0 unspecified atom stereocenters. The largest absolute Gasteiger partial charge is 0.385 e.